The Morgan fingerprint density at radius 3 is 2.21 bits per heavy atom. The molecule has 1 heterocycles. The van der Waals surface area contributed by atoms with Crippen LogP contribution in [0.2, 0.25) is 10.0 Å². The number of halogens is 3. The second-order valence-electron chi connectivity index (χ2n) is 6.70. The first-order valence-corrected chi connectivity index (χ1v) is 11.9. The van der Waals surface area contributed by atoms with Crippen LogP contribution in [0.4, 0.5) is 5.69 Å². The maximum atomic E-state index is 12.7. The second-order valence-corrected chi connectivity index (χ2v) is 10.5. The third-order valence-electron chi connectivity index (χ3n) is 4.61. The lowest BCUT2D eigenvalue weighted by molar-refractivity contribution is -0.120. The molecule has 1 fully saturated rings. The summed E-state index contributed by atoms with van der Waals surface area (Å²) in [5.74, 6) is -0.446. The maximum absolute atomic E-state index is 12.7. The van der Waals surface area contributed by atoms with Crippen molar-refractivity contribution in [2.75, 3.05) is 18.4 Å². The molecule has 1 aliphatic heterocycles. The van der Waals surface area contributed by atoms with Gasteiger partial charge in [-0.25, -0.2) is 12.7 Å². The molecule has 0 saturated carbocycles. The van der Waals surface area contributed by atoms with Crippen molar-refractivity contribution in [2.45, 2.75) is 18.6 Å². The number of sulfonamides is 1. The molecule has 1 aliphatic rings. The Kier molecular flexibility index (Phi) is 7.04. The van der Waals surface area contributed by atoms with Crippen LogP contribution in [0.3, 0.4) is 0 Å². The fourth-order valence-electron chi connectivity index (χ4n) is 3.15. The number of hydrogen-bond donors (Lipinski definition) is 1. The number of nitrogens with zero attached hydrogens (tertiary/aromatic N) is 1. The summed E-state index contributed by atoms with van der Waals surface area (Å²) in [6, 6.07) is 12.1. The number of carbonyl (C=O) groups is 1. The van der Waals surface area contributed by atoms with Crippen molar-refractivity contribution in [3.8, 4) is 0 Å². The van der Waals surface area contributed by atoms with Gasteiger partial charge in [-0.2, -0.15) is 0 Å². The fourth-order valence-corrected chi connectivity index (χ4v) is 5.50. The molecule has 0 spiro atoms. The van der Waals surface area contributed by atoms with E-state index in [1.807, 2.05) is 12.1 Å². The van der Waals surface area contributed by atoms with Crippen LogP contribution in [0.15, 0.2) is 46.9 Å². The molecule has 0 bridgehead atoms. The van der Waals surface area contributed by atoms with Crippen LogP contribution < -0.4 is 5.32 Å². The minimum Gasteiger partial charge on any atom is -0.326 e. The Morgan fingerprint density at radius 1 is 1.07 bits per heavy atom. The predicted molar refractivity (Wildman–Crippen MR) is 116 cm³/mol. The highest BCUT2D eigenvalue weighted by atomic mass is 79.9. The van der Waals surface area contributed by atoms with E-state index in [0.717, 1.165) is 10.0 Å². The molecule has 0 unspecified atom stereocenters. The molecular weight excluding hydrogens is 487 g/mol. The SMILES string of the molecule is O=C(Nc1cc(Cl)cc(Cl)c1)C1CCN(S(=O)(=O)Cc2ccc(Br)cc2)CC1. The standard InChI is InChI=1S/C19H19BrCl2N2O3S/c20-15-3-1-13(2-4-15)12-28(26,27)24-7-5-14(6-8-24)19(25)23-18-10-16(21)9-17(22)11-18/h1-4,9-11,14H,5-8,12H2,(H,23,25). The molecule has 3 rings (SSSR count). The second kappa shape index (κ2) is 9.13. The fraction of sp³-hybridized carbons (Fsp3) is 0.316. The van der Waals surface area contributed by atoms with E-state index in [4.69, 9.17) is 23.2 Å². The number of hydrogen-bond acceptors (Lipinski definition) is 3. The third kappa shape index (κ3) is 5.70. The molecule has 9 heteroatoms. The van der Waals surface area contributed by atoms with E-state index < -0.39 is 10.0 Å². The Balaban J connectivity index is 1.57. The zero-order valence-electron chi connectivity index (χ0n) is 14.9. The maximum Gasteiger partial charge on any atom is 0.227 e. The molecule has 0 aliphatic carbocycles. The summed E-state index contributed by atoms with van der Waals surface area (Å²) in [4.78, 5) is 12.5. The number of nitrogens with one attached hydrogen (secondary N) is 1. The molecule has 2 aromatic rings. The van der Waals surface area contributed by atoms with Crippen LogP contribution in [-0.4, -0.2) is 31.7 Å². The Hall–Kier alpha value is -1.12. The summed E-state index contributed by atoms with van der Waals surface area (Å²) in [6.07, 6.45) is 0.944. The van der Waals surface area contributed by atoms with Gasteiger partial charge in [-0.05, 0) is 48.7 Å². The Labute approximate surface area is 183 Å². The monoisotopic (exact) mass is 504 g/mol. The smallest absolute Gasteiger partial charge is 0.227 e. The topological polar surface area (TPSA) is 66.5 Å². The highest BCUT2D eigenvalue weighted by molar-refractivity contribution is 9.10. The Bertz CT molecular complexity index is 939. The summed E-state index contributed by atoms with van der Waals surface area (Å²) in [6.45, 7) is 0.653. The van der Waals surface area contributed by atoms with Crippen molar-refractivity contribution in [1.82, 2.24) is 4.31 Å². The minimum atomic E-state index is -3.42. The van der Waals surface area contributed by atoms with Gasteiger partial charge in [0.2, 0.25) is 15.9 Å². The number of piperidine rings is 1. The molecule has 2 aromatic carbocycles. The highest BCUT2D eigenvalue weighted by Crippen LogP contribution is 2.26. The Morgan fingerprint density at radius 2 is 1.64 bits per heavy atom. The average Bonchev–Trinajstić information content (AvgIpc) is 2.63. The summed E-state index contributed by atoms with van der Waals surface area (Å²) in [5.41, 5.74) is 1.27. The van der Waals surface area contributed by atoms with E-state index in [0.29, 0.717) is 41.7 Å². The molecule has 1 amide bonds. The van der Waals surface area contributed by atoms with Gasteiger partial charge in [0.1, 0.15) is 0 Å². The van der Waals surface area contributed by atoms with Crippen molar-refractivity contribution in [2.24, 2.45) is 5.92 Å². The van der Waals surface area contributed by atoms with E-state index >= 15 is 0 Å². The van der Waals surface area contributed by atoms with Crippen LogP contribution >= 0.6 is 39.1 Å². The van der Waals surface area contributed by atoms with Gasteiger partial charge in [-0.15, -0.1) is 0 Å². The van der Waals surface area contributed by atoms with Crippen LogP contribution in [0.5, 0.6) is 0 Å². The summed E-state index contributed by atoms with van der Waals surface area (Å²) in [7, 11) is -3.42. The zero-order chi connectivity index (χ0) is 20.3. The number of anilines is 1. The summed E-state index contributed by atoms with van der Waals surface area (Å²) < 4.78 is 27.7. The first kappa shape index (κ1) is 21.6. The van der Waals surface area contributed by atoms with E-state index in [2.05, 4.69) is 21.2 Å². The molecule has 28 heavy (non-hydrogen) atoms. The van der Waals surface area contributed by atoms with E-state index in [1.165, 1.54) is 4.31 Å². The molecular formula is C19H19BrCl2N2O3S. The van der Waals surface area contributed by atoms with Crippen LogP contribution in [-0.2, 0) is 20.6 Å². The van der Waals surface area contributed by atoms with Gasteiger partial charge >= 0.3 is 0 Å². The van der Waals surface area contributed by atoms with Gasteiger partial charge in [0, 0.05) is 39.2 Å². The average molecular weight is 506 g/mol. The van der Waals surface area contributed by atoms with Gasteiger partial charge in [-0.3, -0.25) is 4.79 Å². The number of benzene rings is 2. The summed E-state index contributed by atoms with van der Waals surface area (Å²) >= 11 is 15.2. The number of amides is 1. The largest absolute Gasteiger partial charge is 0.326 e. The molecule has 0 atom stereocenters. The van der Waals surface area contributed by atoms with Gasteiger partial charge in [0.25, 0.3) is 0 Å². The number of carbonyl (C=O) groups excluding carboxylic acids is 1. The quantitative estimate of drug-likeness (QED) is 0.626. The minimum absolute atomic E-state index is 0.0435. The molecule has 0 radical (unpaired) electrons. The number of rotatable bonds is 5. The lowest BCUT2D eigenvalue weighted by Gasteiger charge is -2.30. The zero-order valence-corrected chi connectivity index (χ0v) is 18.8. The van der Waals surface area contributed by atoms with Crippen molar-refractivity contribution >= 4 is 60.7 Å². The summed E-state index contributed by atoms with van der Waals surface area (Å²) in [5, 5.41) is 3.69. The third-order valence-corrected chi connectivity index (χ3v) is 7.43. The molecule has 1 saturated heterocycles. The molecule has 150 valence electrons. The van der Waals surface area contributed by atoms with Crippen molar-refractivity contribution in [1.29, 1.82) is 0 Å². The van der Waals surface area contributed by atoms with Crippen molar-refractivity contribution in [3.63, 3.8) is 0 Å². The van der Waals surface area contributed by atoms with Crippen LogP contribution in [0, 0.1) is 5.92 Å². The first-order valence-electron chi connectivity index (χ1n) is 8.72. The first-order chi connectivity index (χ1) is 13.2. The van der Waals surface area contributed by atoms with E-state index in [9.17, 15) is 13.2 Å². The lowest BCUT2D eigenvalue weighted by Crippen LogP contribution is -2.41. The van der Waals surface area contributed by atoms with Gasteiger partial charge in [0.05, 0.1) is 5.75 Å². The van der Waals surface area contributed by atoms with Crippen LogP contribution in [0.25, 0.3) is 0 Å². The normalized spacial score (nSPS) is 16.1. The molecule has 1 N–H and O–H groups in total. The van der Waals surface area contributed by atoms with Gasteiger partial charge < -0.3 is 5.32 Å². The molecule has 0 aromatic heterocycles. The van der Waals surface area contributed by atoms with Crippen molar-refractivity contribution in [3.05, 3.63) is 62.5 Å². The van der Waals surface area contributed by atoms with Crippen LogP contribution in [0.1, 0.15) is 18.4 Å². The van der Waals surface area contributed by atoms with E-state index in [1.54, 1.807) is 30.3 Å². The molecule has 5 nitrogen and oxygen atoms in total. The van der Waals surface area contributed by atoms with Crippen molar-refractivity contribution < 1.29 is 13.2 Å². The predicted octanol–water partition coefficient (Wildman–Crippen LogP) is 4.94. The van der Waals surface area contributed by atoms with Gasteiger partial charge in [0.15, 0.2) is 0 Å². The highest BCUT2D eigenvalue weighted by Gasteiger charge is 2.31. The van der Waals surface area contributed by atoms with E-state index in [-0.39, 0.29) is 17.6 Å². The lowest BCUT2D eigenvalue weighted by atomic mass is 9.97. The van der Waals surface area contributed by atoms with Gasteiger partial charge in [-0.1, -0.05) is 51.3 Å².